The van der Waals surface area contributed by atoms with Gasteiger partial charge < -0.3 is 10.4 Å². The Hall–Kier alpha value is -0.510. The lowest BCUT2D eigenvalue weighted by atomic mass is 10.0. The van der Waals surface area contributed by atoms with Crippen molar-refractivity contribution in [2.75, 3.05) is 25.4 Å². The maximum Gasteiger partial charge on any atom is 0.0434 e. The quantitative estimate of drug-likeness (QED) is 0.524. The van der Waals surface area contributed by atoms with E-state index in [4.69, 9.17) is 5.11 Å². The van der Waals surface area contributed by atoms with Crippen LogP contribution in [0, 0.1) is 5.92 Å². The highest BCUT2D eigenvalue weighted by Crippen LogP contribution is 2.15. The largest absolute Gasteiger partial charge is 0.396 e. The summed E-state index contributed by atoms with van der Waals surface area (Å²) >= 11 is 1.88. The summed E-state index contributed by atoms with van der Waals surface area (Å²) in [6, 6.07) is 10.5. The average molecular weight is 253 g/mol. The monoisotopic (exact) mass is 253 g/mol. The van der Waals surface area contributed by atoms with Gasteiger partial charge in [-0.15, -0.1) is 11.8 Å². The zero-order valence-electron chi connectivity index (χ0n) is 10.6. The van der Waals surface area contributed by atoms with Gasteiger partial charge in [0.2, 0.25) is 0 Å². The third kappa shape index (κ3) is 6.71. The molecule has 17 heavy (non-hydrogen) atoms. The van der Waals surface area contributed by atoms with Crippen LogP contribution in [0.3, 0.4) is 0 Å². The normalized spacial score (nSPS) is 12.6. The van der Waals surface area contributed by atoms with Crippen molar-refractivity contribution in [3.63, 3.8) is 0 Å². The van der Waals surface area contributed by atoms with Crippen LogP contribution in [0.2, 0.25) is 0 Å². The maximum absolute atomic E-state index is 8.89. The maximum atomic E-state index is 8.89. The minimum absolute atomic E-state index is 0.305. The molecule has 2 nitrogen and oxygen atoms in total. The van der Waals surface area contributed by atoms with Gasteiger partial charge in [0.25, 0.3) is 0 Å². The van der Waals surface area contributed by atoms with Crippen molar-refractivity contribution in [2.24, 2.45) is 5.92 Å². The Balaban J connectivity index is 2.04. The molecule has 3 heteroatoms. The summed E-state index contributed by atoms with van der Waals surface area (Å²) in [4.78, 5) is 1.33. The fourth-order valence-electron chi connectivity index (χ4n) is 1.70. The predicted molar refractivity (Wildman–Crippen MR) is 75.5 cm³/mol. The Morgan fingerprint density at radius 3 is 2.71 bits per heavy atom. The molecule has 0 amide bonds. The van der Waals surface area contributed by atoms with Crippen LogP contribution >= 0.6 is 11.8 Å². The molecule has 0 aliphatic rings. The van der Waals surface area contributed by atoms with Gasteiger partial charge in [-0.05, 0) is 31.0 Å². The Morgan fingerprint density at radius 1 is 1.29 bits per heavy atom. The summed E-state index contributed by atoms with van der Waals surface area (Å²) in [6.45, 7) is 4.54. The van der Waals surface area contributed by atoms with E-state index >= 15 is 0 Å². The van der Waals surface area contributed by atoms with Crippen molar-refractivity contribution in [1.82, 2.24) is 5.32 Å². The van der Waals surface area contributed by atoms with E-state index in [-0.39, 0.29) is 0 Å². The third-order valence-corrected chi connectivity index (χ3v) is 3.85. The lowest BCUT2D eigenvalue weighted by molar-refractivity contribution is 0.252. The molecule has 1 atom stereocenters. The Kier molecular flexibility index (Phi) is 8.14. The molecule has 2 N–H and O–H groups in total. The standard InChI is InChI=1S/C14H23NOS/c1-2-13(8-10-16)12-15-9-11-17-14-6-4-3-5-7-14/h3-7,13,15-16H,2,8-12H2,1H3. The van der Waals surface area contributed by atoms with Crippen LogP contribution in [0.1, 0.15) is 19.8 Å². The van der Waals surface area contributed by atoms with Gasteiger partial charge in [-0.1, -0.05) is 31.5 Å². The first-order chi connectivity index (χ1) is 8.36. The smallest absolute Gasteiger partial charge is 0.0434 e. The number of benzene rings is 1. The van der Waals surface area contributed by atoms with Gasteiger partial charge in [0.1, 0.15) is 0 Å². The Labute approximate surface area is 109 Å². The van der Waals surface area contributed by atoms with Crippen LogP contribution in [0.4, 0.5) is 0 Å². The number of hydrogen-bond acceptors (Lipinski definition) is 3. The second-order valence-corrected chi connectivity index (χ2v) is 5.32. The Bertz CT molecular complexity index is 279. The molecule has 0 fully saturated rings. The Morgan fingerprint density at radius 2 is 2.06 bits per heavy atom. The minimum Gasteiger partial charge on any atom is -0.396 e. The number of aliphatic hydroxyl groups is 1. The van der Waals surface area contributed by atoms with Crippen LogP contribution in [-0.2, 0) is 0 Å². The lowest BCUT2D eigenvalue weighted by Gasteiger charge is -2.14. The van der Waals surface area contributed by atoms with E-state index in [1.165, 1.54) is 4.90 Å². The molecule has 0 heterocycles. The molecule has 0 radical (unpaired) electrons. The van der Waals surface area contributed by atoms with E-state index in [0.29, 0.717) is 12.5 Å². The predicted octanol–water partition coefficient (Wildman–Crippen LogP) is 2.78. The molecule has 96 valence electrons. The first-order valence-corrected chi connectivity index (χ1v) is 7.34. The number of thioether (sulfide) groups is 1. The van der Waals surface area contributed by atoms with Gasteiger partial charge in [-0.3, -0.25) is 0 Å². The van der Waals surface area contributed by atoms with Gasteiger partial charge in [0.15, 0.2) is 0 Å². The van der Waals surface area contributed by atoms with E-state index in [1.807, 2.05) is 17.8 Å². The zero-order valence-corrected chi connectivity index (χ0v) is 11.4. The van der Waals surface area contributed by atoms with E-state index in [1.54, 1.807) is 0 Å². The van der Waals surface area contributed by atoms with Crippen LogP contribution < -0.4 is 5.32 Å². The molecule has 0 saturated carbocycles. The number of rotatable bonds is 9. The summed E-state index contributed by atoms with van der Waals surface area (Å²) < 4.78 is 0. The number of nitrogens with one attached hydrogen (secondary N) is 1. The van der Waals surface area contributed by atoms with Gasteiger partial charge in [0, 0.05) is 23.8 Å². The van der Waals surface area contributed by atoms with Crippen molar-refractivity contribution in [2.45, 2.75) is 24.7 Å². The second kappa shape index (κ2) is 9.51. The summed E-state index contributed by atoms with van der Waals surface area (Å²) in [5.74, 6) is 1.71. The second-order valence-electron chi connectivity index (χ2n) is 4.15. The fraction of sp³-hybridized carbons (Fsp3) is 0.571. The SMILES string of the molecule is CCC(CCO)CNCCSc1ccccc1. The summed E-state index contributed by atoms with van der Waals surface area (Å²) in [5, 5.41) is 12.3. The van der Waals surface area contributed by atoms with Gasteiger partial charge in [0.05, 0.1) is 0 Å². The molecule has 0 aromatic heterocycles. The first kappa shape index (κ1) is 14.6. The molecule has 0 bridgehead atoms. The van der Waals surface area contributed by atoms with E-state index < -0.39 is 0 Å². The molecule has 0 spiro atoms. The minimum atomic E-state index is 0.305. The summed E-state index contributed by atoms with van der Waals surface area (Å²) in [6.07, 6.45) is 2.05. The molecule has 1 aromatic carbocycles. The lowest BCUT2D eigenvalue weighted by Crippen LogP contribution is -2.25. The molecule has 0 saturated heterocycles. The van der Waals surface area contributed by atoms with Gasteiger partial charge >= 0.3 is 0 Å². The van der Waals surface area contributed by atoms with E-state index in [9.17, 15) is 0 Å². The van der Waals surface area contributed by atoms with Gasteiger partial charge in [-0.25, -0.2) is 0 Å². The van der Waals surface area contributed by atoms with Crippen LogP contribution in [0.15, 0.2) is 35.2 Å². The zero-order chi connectivity index (χ0) is 12.3. The highest BCUT2D eigenvalue weighted by atomic mass is 32.2. The fourth-order valence-corrected chi connectivity index (χ4v) is 2.53. The van der Waals surface area contributed by atoms with Crippen molar-refractivity contribution in [1.29, 1.82) is 0 Å². The highest BCUT2D eigenvalue weighted by Gasteiger charge is 2.04. The topological polar surface area (TPSA) is 32.3 Å². The van der Waals surface area contributed by atoms with Crippen LogP contribution in [0.25, 0.3) is 0 Å². The molecular weight excluding hydrogens is 230 g/mol. The average Bonchev–Trinajstić information content (AvgIpc) is 2.38. The molecule has 0 aliphatic heterocycles. The highest BCUT2D eigenvalue weighted by molar-refractivity contribution is 7.99. The molecule has 1 unspecified atom stereocenters. The summed E-state index contributed by atoms with van der Waals surface area (Å²) in [5.41, 5.74) is 0. The van der Waals surface area contributed by atoms with Crippen molar-refractivity contribution in [3.05, 3.63) is 30.3 Å². The summed E-state index contributed by atoms with van der Waals surface area (Å²) in [7, 11) is 0. The molecule has 1 aromatic rings. The van der Waals surface area contributed by atoms with E-state index in [2.05, 4.69) is 36.5 Å². The first-order valence-electron chi connectivity index (χ1n) is 6.36. The third-order valence-electron chi connectivity index (χ3n) is 2.84. The van der Waals surface area contributed by atoms with Crippen LogP contribution in [-0.4, -0.2) is 30.6 Å². The van der Waals surface area contributed by atoms with Gasteiger partial charge in [-0.2, -0.15) is 0 Å². The molecule has 1 rings (SSSR count). The van der Waals surface area contributed by atoms with E-state index in [0.717, 1.165) is 31.7 Å². The van der Waals surface area contributed by atoms with Crippen molar-refractivity contribution in [3.8, 4) is 0 Å². The number of hydrogen-bond donors (Lipinski definition) is 2. The van der Waals surface area contributed by atoms with Crippen molar-refractivity contribution < 1.29 is 5.11 Å². The van der Waals surface area contributed by atoms with Crippen LogP contribution in [0.5, 0.6) is 0 Å². The molecular formula is C14H23NOS. The number of aliphatic hydroxyl groups excluding tert-OH is 1. The molecule has 0 aliphatic carbocycles. The van der Waals surface area contributed by atoms with Crippen molar-refractivity contribution >= 4 is 11.8 Å².